The molecule has 0 spiro atoms. The molecule has 0 aliphatic heterocycles. The summed E-state index contributed by atoms with van der Waals surface area (Å²) in [5.74, 6) is 4.85. The zero-order valence-electron chi connectivity index (χ0n) is 6.22. The van der Waals surface area contributed by atoms with Crippen LogP contribution in [0.25, 0.3) is 0 Å². The molecule has 62 valence electrons. The van der Waals surface area contributed by atoms with Crippen molar-refractivity contribution in [3.63, 3.8) is 0 Å². The number of halogens is 1. The van der Waals surface area contributed by atoms with Gasteiger partial charge in [-0.1, -0.05) is 23.4 Å². The van der Waals surface area contributed by atoms with Crippen LogP contribution in [0.2, 0.25) is 0 Å². The van der Waals surface area contributed by atoms with Crippen LogP contribution in [0, 0.1) is 11.8 Å². The number of alkyl halides is 1. The number of ether oxygens (including phenoxy) is 2. The van der Waals surface area contributed by atoms with Crippen LogP contribution in [0.3, 0.4) is 0 Å². The number of rotatable bonds is 3. The molecule has 0 fully saturated rings. The quantitative estimate of drug-likeness (QED) is 0.276. The highest BCUT2D eigenvalue weighted by molar-refractivity contribution is 6.17. The number of esters is 1. The van der Waals surface area contributed by atoms with Gasteiger partial charge in [-0.3, -0.25) is 4.79 Å². The molecule has 0 aromatic heterocycles. The zero-order valence-corrected chi connectivity index (χ0v) is 6.98. The van der Waals surface area contributed by atoms with Gasteiger partial charge in [0.2, 0.25) is 0 Å². The monoisotopic (exact) mass is 176 g/mol. The van der Waals surface area contributed by atoms with Crippen LogP contribution >= 0.6 is 11.6 Å². The molecule has 0 saturated carbocycles. The summed E-state index contributed by atoms with van der Waals surface area (Å²) in [6.07, 6.45) is 0. The highest BCUT2D eigenvalue weighted by Crippen LogP contribution is 1.77. The molecule has 0 amide bonds. The van der Waals surface area contributed by atoms with Crippen LogP contribution in [-0.2, 0) is 14.3 Å². The maximum absolute atomic E-state index is 10.2. The maximum atomic E-state index is 10.2. The Kier molecular flexibility index (Phi) is 6.90. The second-order valence-electron chi connectivity index (χ2n) is 1.59. The van der Waals surface area contributed by atoms with E-state index in [0.717, 1.165) is 0 Å². The molecule has 0 aliphatic carbocycles. The molecule has 11 heavy (non-hydrogen) atoms. The van der Waals surface area contributed by atoms with Gasteiger partial charge in [0.05, 0.1) is 0 Å². The Labute approximate surface area is 70.6 Å². The van der Waals surface area contributed by atoms with Crippen molar-refractivity contribution in [2.24, 2.45) is 0 Å². The van der Waals surface area contributed by atoms with E-state index >= 15 is 0 Å². The minimum absolute atomic E-state index is 0.112. The van der Waals surface area contributed by atoms with Gasteiger partial charge in [0.1, 0.15) is 12.7 Å². The first-order chi connectivity index (χ1) is 5.27. The summed E-state index contributed by atoms with van der Waals surface area (Å²) < 4.78 is 9.21. The average molecular weight is 177 g/mol. The summed E-state index contributed by atoms with van der Waals surface area (Å²) in [6, 6.07) is 0.127. The van der Waals surface area contributed by atoms with Crippen LogP contribution in [0.15, 0.2) is 0 Å². The van der Waals surface area contributed by atoms with Crippen LogP contribution in [0.4, 0.5) is 0 Å². The lowest BCUT2D eigenvalue weighted by Gasteiger charge is -1.91. The molecule has 3 nitrogen and oxygen atoms in total. The SMILES string of the molecule is CC(=O)OCC#CCOCCl. The molecule has 0 radical (unpaired) electrons. The van der Waals surface area contributed by atoms with Crippen LogP contribution in [-0.4, -0.2) is 25.2 Å². The van der Waals surface area contributed by atoms with Gasteiger partial charge in [0.15, 0.2) is 6.61 Å². The van der Waals surface area contributed by atoms with Crippen molar-refractivity contribution in [3.05, 3.63) is 0 Å². The van der Waals surface area contributed by atoms with E-state index in [9.17, 15) is 4.79 Å². The minimum Gasteiger partial charge on any atom is -0.453 e. The van der Waals surface area contributed by atoms with Gasteiger partial charge in [-0.05, 0) is 0 Å². The van der Waals surface area contributed by atoms with Gasteiger partial charge < -0.3 is 9.47 Å². The van der Waals surface area contributed by atoms with Gasteiger partial charge >= 0.3 is 5.97 Å². The van der Waals surface area contributed by atoms with Crippen molar-refractivity contribution in [3.8, 4) is 11.8 Å². The minimum atomic E-state index is -0.336. The Hall–Kier alpha value is -0.720. The summed E-state index contributed by atoms with van der Waals surface area (Å²) in [4.78, 5) is 10.2. The molecule has 0 aliphatic rings. The van der Waals surface area contributed by atoms with E-state index in [0.29, 0.717) is 0 Å². The van der Waals surface area contributed by atoms with Crippen LogP contribution in [0.5, 0.6) is 0 Å². The lowest BCUT2D eigenvalue weighted by Crippen LogP contribution is -1.98. The predicted molar refractivity (Wildman–Crippen MR) is 41.1 cm³/mol. The number of hydrogen-bond donors (Lipinski definition) is 0. The molecule has 0 rings (SSSR count). The van der Waals surface area contributed by atoms with E-state index < -0.39 is 0 Å². The van der Waals surface area contributed by atoms with Crippen molar-refractivity contribution in [2.45, 2.75) is 6.92 Å². The summed E-state index contributed by atoms with van der Waals surface area (Å²) in [5, 5.41) is 0. The Morgan fingerprint density at radius 3 is 2.64 bits per heavy atom. The van der Waals surface area contributed by atoms with Crippen LogP contribution < -0.4 is 0 Å². The summed E-state index contributed by atoms with van der Waals surface area (Å²) in [5.41, 5.74) is 0. The predicted octanol–water partition coefficient (Wildman–Crippen LogP) is 0.766. The highest BCUT2D eigenvalue weighted by atomic mass is 35.5. The third kappa shape index (κ3) is 9.28. The molecule has 0 heterocycles. The van der Waals surface area contributed by atoms with Gasteiger partial charge in [0, 0.05) is 6.92 Å². The summed E-state index contributed by atoms with van der Waals surface area (Å²) in [7, 11) is 0. The Morgan fingerprint density at radius 2 is 2.09 bits per heavy atom. The second-order valence-corrected chi connectivity index (χ2v) is 1.81. The molecule has 0 bridgehead atoms. The fourth-order valence-corrected chi connectivity index (χ4v) is 0.407. The fourth-order valence-electron chi connectivity index (χ4n) is 0.329. The van der Waals surface area contributed by atoms with Crippen molar-refractivity contribution in [2.75, 3.05) is 19.3 Å². The molecular weight excluding hydrogens is 168 g/mol. The third-order valence-electron chi connectivity index (χ3n) is 0.724. The lowest BCUT2D eigenvalue weighted by atomic mass is 10.6. The summed E-state index contributed by atoms with van der Waals surface area (Å²) >= 11 is 5.19. The number of hydrogen-bond acceptors (Lipinski definition) is 3. The van der Waals surface area contributed by atoms with Gasteiger partial charge in [-0.25, -0.2) is 0 Å². The third-order valence-corrected chi connectivity index (χ3v) is 0.878. The normalized spacial score (nSPS) is 8.18. The van der Waals surface area contributed by atoms with Crippen molar-refractivity contribution in [1.82, 2.24) is 0 Å². The topological polar surface area (TPSA) is 35.5 Å². The molecule has 4 heteroatoms. The van der Waals surface area contributed by atoms with Gasteiger partial charge in [-0.2, -0.15) is 0 Å². The molecular formula is C7H9ClO3. The number of carbonyl (C=O) groups is 1. The van der Waals surface area contributed by atoms with E-state index in [1.165, 1.54) is 6.92 Å². The lowest BCUT2D eigenvalue weighted by molar-refractivity contribution is -0.139. The first-order valence-corrected chi connectivity index (χ1v) is 3.53. The maximum Gasteiger partial charge on any atom is 0.303 e. The second kappa shape index (κ2) is 7.39. The molecule has 0 unspecified atom stereocenters. The molecule has 0 atom stereocenters. The molecule has 0 aromatic rings. The first kappa shape index (κ1) is 10.3. The largest absolute Gasteiger partial charge is 0.453 e. The first-order valence-electron chi connectivity index (χ1n) is 3.00. The van der Waals surface area contributed by atoms with Gasteiger partial charge in [-0.15, -0.1) is 0 Å². The highest BCUT2D eigenvalue weighted by Gasteiger charge is 1.85. The van der Waals surface area contributed by atoms with Crippen molar-refractivity contribution < 1.29 is 14.3 Å². The average Bonchev–Trinajstić information content (AvgIpc) is 1.96. The van der Waals surface area contributed by atoms with E-state index in [1.807, 2.05) is 0 Å². The zero-order chi connectivity index (χ0) is 8.53. The van der Waals surface area contributed by atoms with Crippen LogP contribution in [0.1, 0.15) is 6.92 Å². The molecule has 0 saturated heterocycles. The smallest absolute Gasteiger partial charge is 0.303 e. The Morgan fingerprint density at radius 1 is 1.45 bits per heavy atom. The Bertz CT molecular complexity index is 168. The Balaban J connectivity index is 3.19. The number of carbonyl (C=O) groups excluding carboxylic acids is 1. The molecule has 0 aromatic carbocycles. The van der Waals surface area contributed by atoms with E-state index in [1.54, 1.807) is 0 Å². The van der Waals surface area contributed by atoms with Crippen molar-refractivity contribution >= 4 is 17.6 Å². The molecule has 0 N–H and O–H groups in total. The fraction of sp³-hybridized carbons (Fsp3) is 0.571. The summed E-state index contributed by atoms with van der Waals surface area (Å²) in [6.45, 7) is 1.71. The van der Waals surface area contributed by atoms with E-state index in [-0.39, 0.29) is 25.2 Å². The van der Waals surface area contributed by atoms with Crippen molar-refractivity contribution in [1.29, 1.82) is 0 Å². The standard InChI is InChI=1S/C7H9ClO3/c1-7(9)11-5-3-2-4-10-6-8/h4-6H2,1H3. The van der Waals surface area contributed by atoms with E-state index in [4.69, 9.17) is 16.3 Å². The van der Waals surface area contributed by atoms with Gasteiger partial charge in [0.25, 0.3) is 0 Å². The van der Waals surface area contributed by atoms with E-state index in [2.05, 4.69) is 16.6 Å².